The van der Waals surface area contributed by atoms with E-state index in [0.717, 1.165) is 26.6 Å². The Balaban J connectivity index is 2.02. The predicted molar refractivity (Wildman–Crippen MR) is 108 cm³/mol. The van der Waals surface area contributed by atoms with Gasteiger partial charge in [0, 0.05) is 17.6 Å². The first-order valence-corrected chi connectivity index (χ1v) is 10.0. The lowest BCUT2D eigenvalue weighted by atomic mass is 10.0. The summed E-state index contributed by atoms with van der Waals surface area (Å²) in [6.07, 6.45) is 1.57. The van der Waals surface area contributed by atoms with E-state index >= 15 is 0 Å². The van der Waals surface area contributed by atoms with Gasteiger partial charge in [0.15, 0.2) is 0 Å². The summed E-state index contributed by atoms with van der Waals surface area (Å²) in [7, 11) is -2.45. The Morgan fingerprint density at radius 1 is 1.15 bits per heavy atom. The summed E-state index contributed by atoms with van der Waals surface area (Å²) in [6, 6.07) is 9.82. The van der Waals surface area contributed by atoms with E-state index in [0.29, 0.717) is 5.02 Å². The van der Waals surface area contributed by atoms with Crippen LogP contribution < -0.4 is 5.43 Å². The van der Waals surface area contributed by atoms with Crippen LogP contribution in [-0.4, -0.2) is 38.4 Å². The van der Waals surface area contributed by atoms with Crippen LogP contribution in [0.25, 0.3) is 0 Å². The number of hydrogen-bond acceptors (Lipinski definition) is 4. The van der Waals surface area contributed by atoms with Gasteiger partial charge >= 0.3 is 0 Å². The Morgan fingerprint density at radius 2 is 1.70 bits per heavy atom. The number of rotatable bonds is 6. The van der Waals surface area contributed by atoms with Crippen LogP contribution in [0.15, 0.2) is 46.4 Å². The molecule has 1 N–H and O–H groups in total. The van der Waals surface area contributed by atoms with Gasteiger partial charge in [-0.15, -0.1) is 0 Å². The third kappa shape index (κ3) is 5.38. The summed E-state index contributed by atoms with van der Waals surface area (Å²) in [6.45, 7) is 5.60. The third-order valence-corrected chi connectivity index (χ3v) is 6.08. The van der Waals surface area contributed by atoms with Crippen molar-refractivity contribution in [2.75, 3.05) is 13.6 Å². The second-order valence-electron chi connectivity index (χ2n) is 6.32. The highest BCUT2D eigenvalue weighted by Crippen LogP contribution is 2.17. The van der Waals surface area contributed by atoms with Crippen LogP contribution in [0.4, 0.5) is 0 Å². The molecular weight excluding hydrogens is 386 g/mol. The molecule has 0 aliphatic rings. The molecule has 0 heterocycles. The number of benzene rings is 2. The normalized spacial score (nSPS) is 11.9. The van der Waals surface area contributed by atoms with Gasteiger partial charge in [0.05, 0.1) is 17.7 Å². The molecule has 144 valence electrons. The molecule has 0 atom stereocenters. The number of carbonyl (C=O) groups excluding carboxylic acids is 1. The predicted octanol–water partition coefficient (Wildman–Crippen LogP) is 3.04. The first kappa shape index (κ1) is 21.1. The fourth-order valence-corrected chi connectivity index (χ4v) is 3.93. The van der Waals surface area contributed by atoms with Crippen molar-refractivity contribution in [2.24, 2.45) is 5.10 Å². The zero-order chi connectivity index (χ0) is 20.2. The molecule has 0 aliphatic heterocycles. The van der Waals surface area contributed by atoms with Crippen LogP contribution in [0.3, 0.4) is 0 Å². The average molecular weight is 408 g/mol. The van der Waals surface area contributed by atoms with Gasteiger partial charge in [-0.25, -0.2) is 13.8 Å². The largest absolute Gasteiger partial charge is 0.272 e. The molecule has 2 rings (SSSR count). The fraction of sp³-hybridized carbons (Fsp3) is 0.263. The number of halogens is 1. The number of carbonyl (C=O) groups is 1. The van der Waals surface area contributed by atoms with E-state index in [1.165, 1.54) is 31.3 Å². The molecule has 6 nitrogen and oxygen atoms in total. The monoisotopic (exact) mass is 407 g/mol. The maximum absolute atomic E-state index is 12.5. The lowest BCUT2D eigenvalue weighted by molar-refractivity contribution is -0.121. The van der Waals surface area contributed by atoms with Gasteiger partial charge < -0.3 is 0 Å². The second kappa shape index (κ2) is 8.65. The van der Waals surface area contributed by atoms with Crippen molar-refractivity contribution < 1.29 is 13.2 Å². The Bertz CT molecular complexity index is 947. The van der Waals surface area contributed by atoms with E-state index in [2.05, 4.69) is 10.5 Å². The molecule has 0 saturated heterocycles. The van der Waals surface area contributed by atoms with E-state index in [1.807, 2.05) is 32.9 Å². The minimum absolute atomic E-state index is 0.0663. The molecule has 0 radical (unpaired) electrons. The fourth-order valence-electron chi connectivity index (χ4n) is 2.67. The van der Waals surface area contributed by atoms with Crippen molar-refractivity contribution in [2.45, 2.75) is 25.7 Å². The van der Waals surface area contributed by atoms with E-state index in [1.54, 1.807) is 6.21 Å². The Labute approximate surface area is 164 Å². The number of amides is 1. The first-order valence-electron chi connectivity index (χ1n) is 8.23. The van der Waals surface area contributed by atoms with Crippen molar-refractivity contribution in [1.29, 1.82) is 0 Å². The molecule has 0 unspecified atom stereocenters. The topological polar surface area (TPSA) is 78.8 Å². The molecule has 0 spiro atoms. The zero-order valence-electron chi connectivity index (χ0n) is 15.7. The molecule has 1 amide bonds. The maximum atomic E-state index is 12.5. The smallest absolute Gasteiger partial charge is 0.255 e. The van der Waals surface area contributed by atoms with Crippen LogP contribution in [0.1, 0.15) is 22.3 Å². The second-order valence-corrected chi connectivity index (χ2v) is 8.80. The summed E-state index contributed by atoms with van der Waals surface area (Å²) >= 11 is 5.78. The molecule has 2 aromatic rings. The minimum Gasteiger partial charge on any atom is -0.272 e. The SMILES string of the molecule is Cc1cc(C)c(/C=N\NC(=O)CN(C)S(=O)(=O)c2ccc(Cl)cc2)c(C)c1. The van der Waals surface area contributed by atoms with Crippen LogP contribution in [0.2, 0.25) is 5.02 Å². The Kier molecular flexibility index (Phi) is 6.75. The number of hydrazone groups is 1. The molecule has 0 aliphatic carbocycles. The van der Waals surface area contributed by atoms with E-state index < -0.39 is 15.9 Å². The molecule has 8 heteroatoms. The molecular formula is C19H22ClN3O3S. The van der Waals surface area contributed by atoms with Crippen molar-refractivity contribution in [3.63, 3.8) is 0 Å². The van der Waals surface area contributed by atoms with Crippen molar-refractivity contribution in [3.8, 4) is 0 Å². The number of hydrogen-bond donors (Lipinski definition) is 1. The van der Waals surface area contributed by atoms with Crippen LogP contribution >= 0.6 is 11.6 Å². The highest BCUT2D eigenvalue weighted by atomic mass is 35.5. The molecule has 0 fully saturated rings. The van der Waals surface area contributed by atoms with Crippen LogP contribution in [0, 0.1) is 20.8 Å². The van der Waals surface area contributed by atoms with E-state index in [9.17, 15) is 13.2 Å². The highest BCUT2D eigenvalue weighted by Gasteiger charge is 2.22. The number of nitrogens with one attached hydrogen (secondary N) is 1. The summed E-state index contributed by atoms with van der Waals surface area (Å²) in [5.41, 5.74) is 6.54. The van der Waals surface area contributed by atoms with Crippen molar-refractivity contribution in [1.82, 2.24) is 9.73 Å². The zero-order valence-corrected chi connectivity index (χ0v) is 17.2. The summed E-state index contributed by atoms with van der Waals surface area (Å²) in [5.74, 6) is -0.534. The number of likely N-dealkylation sites (N-methyl/N-ethyl adjacent to an activating group) is 1. The van der Waals surface area contributed by atoms with Gasteiger partial charge in [0.2, 0.25) is 10.0 Å². The third-order valence-electron chi connectivity index (χ3n) is 4.01. The van der Waals surface area contributed by atoms with Crippen molar-refractivity contribution in [3.05, 3.63) is 63.7 Å². The standard InChI is InChI=1S/C19H22ClN3O3S/c1-13-9-14(2)18(15(3)10-13)11-21-22-19(24)12-23(4)27(25,26)17-7-5-16(20)6-8-17/h5-11H,12H2,1-4H3,(H,22,24)/b21-11-. The van der Waals surface area contributed by atoms with Gasteiger partial charge in [-0.1, -0.05) is 29.3 Å². The lowest BCUT2D eigenvalue weighted by Gasteiger charge is -2.16. The Morgan fingerprint density at radius 3 is 2.26 bits per heavy atom. The van der Waals surface area contributed by atoms with E-state index in [4.69, 9.17) is 11.6 Å². The van der Waals surface area contributed by atoms with Crippen LogP contribution in [0.5, 0.6) is 0 Å². The lowest BCUT2D eigenvalue weighted by Crippen LogP contribution is -2.36. The van der Waals surface area contributed by atoms with Gasteiger partial charge in [0.25, 0.3) is 5.91 Å². The number of nitrogens with zero attached hydrogens (tertiary/aromatic N) is 2. The maximum Gasteiger partial charge on any atom is 0.255 e. The van der Waals surface area contributed by atoms with Gasteiger partial charge in [-0.05, 0) is 56.2 Å². The van der Waals surface area contributed by atoms with E-state index in [-0.39, 0.29) is 11.4 Å². The molecule has 0 bridgehead atoms. The number of aryl methyl sites for hydroxylation is 3. The van der Waals surface area contributed by atoms with Crippen molar-refractivity contribution >= 4 is 33.7 Å². The quantitative estimate of drug-likeness (QED) is 0.590. The average Bonchev–Trinajstić information content (AvgIpc) is 2.57. The molecule has 27 heavy (non-hydrogen) atoms. The van der Waals surface area contributed by atoms with Gasteiger partial charge in [0.1, 0.15) is 0 Å². The molecule has 0 aromatic heterocycles. The number of sulfonamides is 1. The summed E-state index contributed by atoms with van der Waals surface area (Å²) in [4.78, 5) is 12.1. The minimum atomic E-state index is -3.78. The molecule has 2 aromatic carbocycles. The first-order chi connectivity index (χ1) is 12.6. The van der Waals surface area contributed by atoms with Gasteiger partial charge in [-0.2, -0.15) is 9.41 Å². The summed E-state index contributed by atoms with van der Waals surface area (Å²) < 4.78 is 25.9. The Hall–Kier alpha value is -2.22. The highest BCUT2D eigenvalue weighted by molar-refractivity contribution is 7.89. The van der Waals surface area contributed by atoms with Crippen LogP contribution in [-0.2, 0) is 14.8 Å². The molecule has 0 saturated carbocycles. The summed E-state index contributed by atoms with van der Waals surface area (Å²) in [5, 5.41) is 4.38. The van der Waals surface area contributed by atoms with Gasteiger partial charge in [-0.3, -0.25) is 4.79 Å².